The van der Waals surface area contributed by atoms with E-state index in [0.717, 1.165) is 0 Å². The van der Waals surface area contributed by atoms with Crippen LogP contribution in [0.1, 0.15) is 65.2 Å². The number of rotatable bonds is 8. The number of methoxy groups -OCH3 is 1. The molecule has 16 heteroatoms. The molecule has 0 bridgehead atoms. The molecule has 4 unspecified atom stereocenters. The van der Waals surface area contributed by atoms with Crippen molar-refractivity contribution >= 4 is 17.6 Å². The maximum absolute atomic E-state index is 14.2. The van der Waals surface area contributed by atoms with Crippen molar-refractivity contribution in [3.63, 3.8) is 0 Å². The molecule has 3 aliphatic rings. The van der Waals surface area contributed by atoms with E-state index >= 15 is 0 Å². The van der Waals surface area contributed by atoms with Crippen LogP contribution in [0.4, 0.5) is 22.4 Å². The summed E-state index contributed by atoms with van der Waals surface area (Å²) in [6.45, 7) is 1.35. The first-order chi connectivity index (χ1) is 20.0. The summed E-state index contributed by atoms with van der Waals surface area (Å²) in [5.74, 6) is -8.37. The zero-order valence-corrected chi connectivity index (χ0v) is 22.9. The van der Waals surface area contributed by atoms with Crippen LogP contribution in [0.2, 0.25) is 0 Å². The first-order valence-corrected chi connectivity index (χ1v) is 13.7. The minimum absolute atomic E-state index is 0.0214. The third kappa shape index (κ3) is 5.16. The van der Waals surface area contributed by atoms with E-state index in [0.29, 0.717) is 16.9 Å². The van der Waals surface area contributed by atoms with Gasteiger partial charge in [0.15, 0.2) is 11.3 Å². The largest absolute Gasteiger partial charge is 0.382 e. The van der Waals surface area contributed by atoms with Crippen LogP contribution in [0.15, 0.2) is 23.1 Å². The lowest BCUT2D eigenvalue weighted by Gasteiger charge is -2.33. The smallest absolute Gasteiger partial charge is 0.318 e. The zero-order chi connectivity index (χ0) is 29.8. The number of nitrogens with one attached hydrogen (secondary N) is 2. The predicted octanol–water partition coefficient (Wildman–Crippen LogP) is 3.31. The maximum atomic E-state index is 14.2. The highest BCUT2D eigenvalue weighted by molar-refractivity contribution is 5.93. The van der Waals surface area contributed by atoms with Crippen LogP contribution in [0.25, 0.3) is 5.65 Å². The molecule has 3 aromatic rings. The van der Waals surface area contributed by atoms with Gasteiger partial charge in [-0.05, 0) is 36.9 Å². The van der Waals surface area contributed by atoms with E-state index in [1.807, 2.05) is 0 Å². The molecular formula is C26H30F4N8O4. The van der Waals surface area contributed by atoms with E-state index in [-0.39, 0.29) is 62.7 Å². The highest BCUT2D eigenvalue weighted by Crippen LogP contribution is 2.56. The Morgan fingerprint density at radius 2 is 2.00 bits per heavy atom. The molecule has 6 rings (SSSR count). The van der Waals surface area contributed by atoms with E-state index in [2.05, 4.69) is 35.7 Å². The average Bonchev–Trinajstić information content (AvgIpc) is 3.24. The fraction of sp³-hybridized carbons (Fsp3) is 0.615. The van der Waals surface area contributed by atoms with Gasteiger partial charge in [-0.25, -0.2) is 36.5 Å². The first kappa shape index (κ1) is 28.3. The molecule has 1 aliphatic heterocycles. The Morgan fingerprint density at radius 1 is 1.24 bits per heavy atom. The Kier molecular flexibility index (Phi) is 7.06. The van der Waals surface area contributed by atoms with Gasteiger partial charge in [0.2, 0.25) is 5.92 Å². The van der Waals surface area contributed by atoms with Crippen molar-refractivity contribution in [3.8, 4) is 0 Å². The summed E-state index contributed by atoms with van der Waals surface area (Å²) in [4.78, 5) is 31.9. The molecule has 1 saturated heterocycles. The number of hydrogen-bond acceptors (Lipinski definition) is 8. The number of urea groups is 1. The minimum Gasteiger partial charge on any atom is -0.382 e. The second-order valence-corrected chi connectivity index (χ2v) is 11.3. The van der Waals surface area contributed by atoms with E-state index in [4.69, 9.17) is 4.74 Å². The number of ether oxygens (including phenoxy) is 1. The number of amides is 3. The summed E-state index contributed by atoms with van der Waals surface area (Å²) in [5, 5.41) is 17.2. The molecule has 42 heavy (non-hydrogen) atoms. The number of aromatic nitrogens is 5. The van der Waals surface area contributed by atoms with Crippen molar-refractivity contribution in [1.82, 2.24) is 40.4 Å². The second kappa shape index (κ2) is 10.5. The number of aryl methyl sites for hydroxylation is 1. The normalized spacial score (nSPS) is 24.9. The molecule has 0 aromatic carbocycles. The van der Waals surface area contributed by atoms with Crippen LogP contribution in [0, 0.1) is 24.7 Å². The van der Waals surface area contributed by atoms with Crippen molar-refractivity contribution in [3.05, 3.63) is 41.1 Å². The van der Waals surface area contributed by atoms with Gasteiger partial charge in [-0.2, -0.15) is 5.10 Å². The molecule has 2 N–H and O–H groups in total. The summed E-state index contributed by atoms with van der Waals surface area (Å²) in [6.07, 6.45) is 2.79. The summed E-state index contributed by atoms with van der Waals surface area (Å²) in [5.41, 5.74) is 1.52. The third-order valence-electron chi connectivity index (χ3n) is 8.64. The molecule has 0 radical (unpaired) electrons. The summed E-state index contributed by atoms with van der Waals surface area (Å²) < 4.78 is 67.8. The summed E-state index contributed by atoms with van der Waals surface area (Å²) >= 11 is 0. The summed E-state index contributed by atoms with van der Waals surface area (Å²) in [7, 11) is 1.45. The van der Waals surface area contributed by atoms with Crippen molar-refractivity contribution in [2.45, 2.75) is 56.5 Å². The Morgan fingerprint density at radius 3 is 2.69 bits per heavy atom. The Bertz CT molecular complexity index is 1490. The molecule has 0 spiro atoms. The van der Waals surface area contributed by atoms with Crippen molar-refractivity contribution in [1.29, 1.82) is 0 Å². The fourth-order valence-corrected chi connectivity index (χ4v) is 6.09. The molecule has 2 aliphatic carbocycles. The topological polar surface area (TPSA) is 140 Å². The van der Waals surface area contributed by atoms with E-state index in [1.165, 1.54) is 22.7 Å². The monoisotopic (exact) mass is 594 g/mol. The number of halogens is 4. The molecule has 2 saturated carbocycles. The van der Waals surface area contributed by atoms with Crippen LogP contribution in [0.5, 0.6) is 0 Å². The molecule has 12 nitrogen and oxygen atoms in total. The van der Waals surface area contributed by atoms with E-state index in [9.17, 15) is 27.2 Å². The standard InChI is InChI=1S/C26H30F4N8O4/c1-13-21(36-42-35-13)23(39)34-22(14-3-5-25(27,28)6-4-14)18-11-38-20(33-18)7-15(8-32-38)19(12-41-2)37-10-17-16(26(17,29)30)9-31-24(37)40/h7-8,11,14,16-17,19,22H,3-6,9-10,12H2,1-2H3,(H,31,40)(H,34,39). The lowest BCUT2D eigenvalue weighted by Crippen LogP contribution is -2.44. The number of nitrogens with zero attached hydrogens (tertiary/aromatic N) is 6. The van der Waals surface area contributed by atoms with Crippen LogP contribution in [-0.2, 0) is 4.74 Å². The van der Waals surface area contributed by atoms with Crippen molar-refractivity contribution < 1.29 is 36.5 Å². The van der Waals surface area contributed by atoms with Crippen LogP contribution >= 0.6 is 0 Å². The second-order valence-electron chi connectivity index (χ2n) is 11.3. The Labute approximate surface area is 237 Å². The number of carbonyl (C=O) groups is 2. The van der Waals surface area contributed by atoms with Crippen molar-refractivity contribution in [2.75, 3.05) is 26.8 Å². The maximum Gasteiger partial charge on any atom is 0.318 e. The van der Waals surface area contributed by atoms with Gasteiger partial charge >= 0.3 is 6.03 Å². The van der Waals surface area contributed by atoms with E-state index in [1.54, 1.807) is 19.2 Å². The Hall–Kier alpha value is -3.82. The van der Waals surface area contributed by atoms with Gasteiger partial charge < -0.3 is 20.3 Å². The highest BCUT2D eigenvalue weighted by Gasteiger charge is 2.69. The van der Waals surface area contributed by atoms with Crippen molar-refractivity contribution in [2.24, 2.45) is 17.8 Å². The number of imidazole rings is 1. The SMILES string of the molecule is COCC(c1cnn2cc(C(NC(=O)c3nonc3C)C3CCC(F)(F)CC3)nc2c1)N1CC2C(CNC1=O)C2(F)F. The number of hydrogen-bond donors (Lipinski definition) is 2. The van der Waals surface area contributed by atoms with Gasteiger partial charge in [0.25, 0.3) is 11.8 Å². The highest BCUT2D eigenvalue weighted by atomic mass is 19.3. The lowest BCUT2D eigenvalue weighted by molar-refractivity contribution is -0.0495. The molecule has 4 heterocycles. The van der Waals surface area contributed by atoms with Gasteiger partial charge in [0.1, 0.15) is 5.69 Å². The predicted molar refractivity (Wildman–Crippen MR) is 136 cm³/mol. The quantitative estimate of drug-likeness (QED) is 0.379. The van der Waals surface area contributed by atoms with Gasteiger partial charge in [-0.3, -0.25) is 4.79 Å². The van der Waals surface area contributed by atoms with Gasteiger partial charge in [-0.1, -0.05) is 5.16 Å². The van der Waals surface area contributed by atoms with Gasteiger partial charge in [-0.15, -0.1) is 0 Å². The Balaban J connectivity index is 1.30. The number of alkyl halides is 4. The first-order valence-electron chi connectivity index (χ1n) is 13.7. The van der Waals surface area contributed by atoms with Crippen LogP contribution in [-0.4, -0.2) is 80.4 Å². The number of carbonyl (C=O) groups excluding carboxylic acids is 2. The zero-order valence-electron chi connectivity index (χ0n) is 22.9. The number of fused-ring (bicyclic) bond motifs is 2. The minimum atomic E-state index is -2.84. The molecule has 4 atom stereocenters. The molecule has 226 valence electrons. The molecular weight excluding hydrogens is 564 g/mol. The van der Waals surface area contributed by atoms with E-state index < -0.39 is 47.7 Å². The van der Waals surface area contributed by atoms with Crippen LogP contribution < -0.4 is 10.6 Å². The molecule has 3 aromatic heterocycles. The fourth-order valence-electron chi connectivity index (χ4n) is 6.09. The van der Waals surface area contributed by atoms with Gasteiger partial charge in [0.05, 0.1) is 48.6 Å². The van der Waals surface area contributed by atoms with Gasteiger partial charge in [0, 0.05) is 38.6 Å². The summed E-state index contributed by atoms with van der Waals surface area (Å²) in [6, 6.07) is -0.268. The third-order valence-corrected chi connectivity index (χ3v) is 8.64. The molecule has 3 amide bonds. The van der Waals surface area contributed by atoms with Crippen LogP contribution in [0.3, 0.4) is 0 Å². The average molecular weight is 595 g/mol. The lowest BCUT2D eigenvalue weighted by atomic mass is 9.81. The molecule has 3 fully saturated rings.